The number of benzene rings is 2. The summed E-state index contributed by atoms with van der Waals surface area (Å²) in [6, 6.07) is 12.3. The highest BCUT2D eigenvalue weighted by atomic mass is 35.5. The van der Waals surface area contributed by atoms with Crippen molar-refractivity contribution in [1.29, 1.82) is 0 Å². The molecule has 1 N–H and O–H groups in total. The number of unbranched alkanes of at least 4 members (excludes halogenated alkanes) is 1. The number of nitrogens with one attached hydrogen (secondary N) is 1. The molecule has 0 saturated carbocycles. The first-order valence-electron chi connectivity index (χ1n) is 11.2. The van der Waals surface area contributed by atoms with Crippen LogP contribution in [0, 0.1) is 0 Å². The Morgan fingerprint density at radius 1 is 1.23 bits per heavy atom. The summed E-state index contributed by atoms with van der Waals surface area (Å²) in [6.07, 6.45) is 2.18. The Kier molecular flexibility index (Phi) is 8.26. The number of fused-ring (bicyclic) bond motifs is 1. The second-order valence-electron chi connectivity index (χ2n) is 8.02. The average Bonchev–Trinajstić information content (AvgIpc) is 3.24. The minimum atomic E-state index is -0.519. The summed E-state index contributed by atoms with van der Waals surface area (Å²) < 4.78 is 12.9. The topological polar surface area (TPSA) is 78.3 Å². The Labute approximate surface area is 218 Å². The molecule has 35 heavy (non-hydrogen) atoms. The van der Waals surface area contributed by atoms with Crippen molar-refractivity contribution >= 4 is 46.9 Å². The molecule has 1 aliphatic heterocycles. The zero-order valence-electron chi connectivity index (χ0n) is 19.7. The number of rotatable bonds is 9. The third kappa shape index (κ3) is 5.77. The summed E-state index contributed by atoms with van der Waals surface area (Å²) in [7, 11) is 1.37. The van der Waals surface area contributed by atoms with Gasteiger partial charge in [-0.2, -0.15) is 4.98 Å². The third-order valence-corrected chi connectivity index (χ3v) is 7.06. The number of thioether (sulfide) groups is 1. The fraction of sp³-hybridized carbons (Fsp3) is 0.320. The minimum Gasteiger partial charge on any atom is -0.489 e. The van der Waals surface area contributed by atoms with Crippen molar-refractivity contribution in [3.8, 4) is 5.75 Å². The van der Waals surface area contributed by atoms with Crippen LogP contribution in [0.4, 0.5) is 5.95 Å². The molecule has 7 nitrogen and oxygen atoms in total. The van der Waals surface area contributed by atoms with Gasteiger partial charge in [-0.25, -0.2) is 9.48 Å². The fourth-order valence-electron chi connectivity index (χ4n) is 3.76. The van der Waals surface area contributed by atoms with E-state index in [2.05, 4.69) is 17.2 Å². The van der Waals surface area contributed by atoms with E-state index < -0.39 is 12.0 Å². The van der Waals surface area contributed by atoms with Crippen LogP contribution < -0.4 is 10.1 Å². The summed E-state index contributed by atoms with van der Waals surface area (Å²) in [5, 5.41) is 9.70. The Morgan fingerprint density at radius 3 is 2.80 bits per heavy atom. The molecule has 0 amide bonds. The Bertz CT molecular complexity index is 1260. The van der Waals surface area contributed by atoms with E-state index >= 15 is 0 Å². The van der Waals surface area contributed by atoms with E-state index in [-0.39, 0.29) is 6.61 Å². The predicted octanol–water partition coefficient (Wildman–Crippen LogP) is 6.52. The van der Waals surface area contributed by atoms with Gasteiger partial charge in [0.15, 0.2) is 0 Å². The van der Waals surface area contributed by atoms with Crippen LogP contribution in [-0.2, 0) is 16.1 Å². The number of esters is 1. The van der Waals surface area contributed by atoms with Gasteiger partial charge in [0.1, 0.15) is 18.4 Å². The second-order valence-corrected chi connectivity index (χ2v) is 9.92. The molecular formula is C25H26Cl2N4O3S. The molecule has 0 radical (unpaired) electrons. The van der Waals surface area contributed by atoms with Crippen molar-refractivity contribution in [3.63, 3.8) is 0 Å². The fourth-order valence-corrected chi connectivity index (χ4v) is 5.13. The smallest absolute Gasteiger partial charge is 0.338 e. The molecule has 1 atom stereocenters. The lowest BCUT2D eigenvalue weighted by atomic mass is 9.95. The van der Waals surface area contributed by atoms with Crippen LogP contribution in [0.15, 0.2) is 58.9 Å². The summed E-state index contributed by atoms with van der Waals surface area (Å²) in [6.45, 7) is 4.26. The van der Waals surface area contributed by atoms with E-state index in [1.54, 1.807) is 28.6 Å². The lowest BCUT2D eigenvalue weighted by Crippen LogP contribution is -2.29. The first-order chi connectivity index (χ1) is 16.9. The largest absolute Gasteiger partial charge is 0.489 e. The zero-order valence-corrected chi connectivity index (χ0v) is 22.0. The van der Waals surface area contributed by atoms with Gasteiger partial charge in [-0.15, -0.1) is 5.10 Å². The number of nitrogens with zero attached hydrogens (tertiary/aromatic N) is 3. The number of carbonyl (C=O) groups excluding carboxylic acids is 1. The number of aromatic nitrogens is 3. The molecule has 1 aromatic heterocycles. The number of halogens is 2. The van der Waals surface area contributed by atoms with Crippen LogP contribution >= 0.6 is 35.0 Å². The maximum absolute atomic E-state index is 12.8. The zero-order chi connectivity index (χ0) is 24.9. The quantitative estimate of drug-likeness (QED) is 0.191. The molecule has 3 aromatic rings. The number of allylic oxidation sites excluding steroid dienone is 1. The van der Waals surface area contributed by atoms with Gasteiger partial charge in [-0.05, 0) is 43.2 Å². The van der Waals surface area contributed by atoms with Gasteiger partial charge in [0.25, 0.3) is 0 Å². The normalized spacial score (nSPS) is 14.9. The molecule has 0 fully saturated rings. The van der Waals surface area contributed by atoms with Crippen molar-refractivity contribution in [2.24, 2.45) is 0 Å². The molecule has 4 rings (SSSR count). The first-order valence-corrected chi connectivity index (χ1v) is 13.0. The van der Waals surface area contributed by atoms with Crippen molar-refractivity contribution in [2.75, 3.05) is 18.2 Å². The lowest BCUT2D eigenvalue weighted by molar-refractivity contribution is -0.136. The highest BCUT2D eigenvalue weighted by molar-refractivity contribution is 7.99. The maximum atomic E-state index is 12.8. The number of ether oxygens (including phenoxy) is 2. The number of hydrogen-bond acceptors (Lipinski definition) is 7. The Balaban J connectivity index is 1.66. The van der Waals surface area contributed by atoms with Crippen LogP contribution in [-0.4, -0.2) is 33.6 Å². The van der Waals surface area contributed by atoms with Crippen molar-refractivity contribution in [2.45, 2.75) is 44.5 Å². The van der Waals surface area contributed by atoms with Crippen molar-refractivity contribution in [1.82, 2.24) is 14.8 Å². The van der Waals surface area contributed by atoms with Gasteiger partial charge >= 0.3 is 5.97 Å². The van der Waals surface area contributed by atoms with Gasteiger partial charge in [0.05, 0.1) is 12.7 Å². The number of anilines is 1. The number of hydrogen-bond donors (Lipinski definition) is 1. The molecule has 10 heteroatoms. The van der Waals surface area contributed by atoms with Gasteiger partial charge in [-0.3, -0.25) is 0 Å². The van der Waals surface area contributed by atoms with Crippen LogP contribution in [0.3, 0.4) is 0 Å². The van der Waals surface area contributed by atoms with E-state index in [0.717, 1.165) is 29.7 Å². The van der Waals surface area contributed by atoms with Crippen LogP contribution in [0.1, 0.15) is 43.9 Å². The number of carbonyl (C=O) groups is 1. The van der Waals surface area contributed by atoms with Crippen LogP contribution in [0.2, 0.25) is 10.0 Å². The van der Waals surface area contributed by atoms with Gasteiger partial charge in [-0.1, -0.05) is 66.5 Å². The molecule has 1 aliphatic rings. The van der Waals surface area contributed by atoms with Crippen LogP contribution in [0.25, 0.3) is 0 Å². The number of methoxy groups -OCH3 is 1. The minimum absolute atomic E-state index is 0.275. The molecule has 0 spiro atoms. The van der Waals surface area contributed by atoms with Gasteiger partial charge in [0.2, 0.25) is 11.1 Å². The molecule has 2 aromatic carbocycles. The molecular weight excluding hydrogens is 507 g/mol. The maximum Gasteiger partial charge on any atom is 0.338 e. The van der Waals surface area contributed by atoms with E-state index in [1.807, 2.05) is 37.3 Å². The molecule has 0 bridgehead atoms. The molecule has 1 unspecified atom stereocenters. The molecule has 0 saturated heterocycles. The van der Waals surface area contributed by atoms with E-state index in [0.29, 0.717) is 38.2 Å². The third-order valence-electron chi connectivity index (χ3n) is 5.55. The Morgan fingerprint density at radius 2 is 2.06 bits per heavy atom. The second kappa shape index (κ2) is 11.4. The lowest BCUT2D eigenvalue weighted by Gasteiger charge is -2.28. The predicted molar refractivity (Wildman–Crippen MR) is 139 cm³/mol. The summed E-state index contributed by atoms with van der Waals surface area (Å²) >= 11 is 13.9. The van der Waals surface area contributed by atoms with Crippen LogP contribution in [0.5, 0.6) is 5.75 Å². The van der Waals surface area contributed by atoms with Gasteiger partial charge < -0.3 is 14.8 Å². The summed E-state index contributed by atoms with van der Waals surface area (Å²) in [4.78, 5) is 17.4. The molecule has 2 heterocycles. The first kappa shape index (κ1) is 25.4. The summed E-state index contributed by atoms with van der Waals surface area (Å²) in [5.74, 6) is 1.71. The molecule has 0 aliphatic carbocycles. The highest BCUT2D eigenvalue weighted by Crippen LogP contribution is 2.38. The van der Waals surface area contributed by atoms with E-state index in [4.69, 9.17) is 37.8 Å². The SMILES string of the molecule is CCCCSc1nc2n(n1)C(c1cccc(OCc3ccc(Cl)cc3Cl)c1)C(C(=O)OC)=C(C)N2. The standard InChI is InChI=1S/C25H26Cl2N4O3S/c1-4-5-11-35-25-29-24-28-15(2)21(23(32)33-3)22(31(24)30-25)16-7-6-8-19(12-16)34-14-17-9-10-18(26)13-20(17)27/h6-10,12-13,22H,4-5,11,14H2,1-3H3,(H,28,29,30). The monoisotopic (exact) mass is 532 g/mol. The van der Waals surface area contributed by atoms with E-state index in [1.165, 1.54) is 7.11 Å². The Hall–Kier alpha value is -2.68. The van der Waals surface area contributed by atoms with Gasteiger partial charge in [0, 0.05) is 27.1 Å². The molecule has 184 valence electrons. The van der Waals surface area contributed by atoms with Crippen molar-refractivity contribution < 1.29 is 14.3 Å². The highest BCUT2D eigenvalue weighted by Gasteiger charge is 2.35. The van der Waals surface area contributed by atoms with Crippen molar-refractivity contribution in [3.05, 3.63) is 74.9 Å². The average molecular weight is 533 g/mol. The van der Waals surface area contributed by atoms with E-state index in [9.17, 15) is 4.79 Å². The summed E-state index contributed by atoms with van der Waals surface area (Å²) in [5.41, 5.74) is 2.78.